The van der Waals surface area contributed by atoms with Crippen LogP contribution in [0.25, 0.3) is 0 Å². The minimum absolute atomic E-state index is 0.444. The third-order valence-electron chi connectivity index (χ3n) is 1.31. The lowest BCUT2D eigenvalue weighted by atomic mass is 10.2. The molecule has 0 radical (unpaired) electrons. The number of hydrogen-bond acceptors (Lipinski definition) is 6. The van der Waals surface area contributed by atoms with E-state index in [1.807, 2.05) is 0 Å². The molecule has 0 aliphatic carbocycles. The summed E-state index contributed by atoms with van der Waals surface area (Å²) < 4.78 is 4.66. The Morgan fingerprint density at radius 3 is 3.15 bits per heavy atom. The molecule has 0 bridgehead atoms. The van der Waals surface area contributed by atoms with E-state index in [-0.39, 0.29) is 0 Å². The molecule has 1 atom stereocenters. The third-order valence-corrected chi connectivity index (χ3v) is 3.14. The average molecular weight is 219 g/mol. The second-order valence-corrected chi connectivity index (χ2v) is 4.41. The van der Waals surface area contributed by atoms with Crippen molar-refractivity contribution in [3.05, 3.63) is 6.33 Å². The summed E-state index contributed by atoms with van der Waals surface area (Å²) in [5.41, 5.74) is 5.31. The monoisotopic (exact) mass is 219 g/mol. The summed E-state index contributed by atoms with van der Waals surface area (Å²) in [6.07, 6.45) is 1.92. The summed E-state index contributed by atoms with van der Waals surface area (Å²) in [6, 6.07) is -0.777. The van der Waals surface area contributed by atoms with Crippen molar-refractivity contribution in [3.8, 4) is 0 Å². The number of rotatable bonds is 5. The molecule has 1 heterocycles. The van der Waals surface area contributed by atoms with Crippen molar-refractivity contribution in [2.24, 2.45) is 5.73 Å². The molecule has 7 heteroatoms. The van der Waals surface area contributed by atoms with Crippen LogP contribution >= 0.6 is 23.3 Å². The molecule has 72 valence electrons. The van der Waals surface area contributed by atoms with E-state index in [1.54, 1.807) is 0 Å². The van der Waals surface area contributed by atoms with Gasteiger partial charge in [0.1, 0.15) is 12.4 Å². The molecule has 0 aliphatic rings. The summed E-state index contributed by atoms with van der Waals surface area (Å²) in [6.45, 7) is 0. The van der Waals surface area contributed by atoms with E-state index in [0.717, 1.165) is 4.34 Å². The number of nitrogens with zero attached hydrogens (tertiary/aromatic N) is 2. The molecule has 0 aromatic carbocycles. The number of hydrogen-bond donors (Lipinski definition) is 2. The first-order valence-corrected chi connectivity index (χ1v) is 5.34. The van der Waals surface area contributed by atoms with Gasteiger partial charge in [0.2, 0.25) is 0 Å². The minimum atomic E-state index is -0.960. The Labute approximate surface area is 83.5 Å². The number of carboxylic acids is 1. The molecule has 0 fully saturated rings. The lowest BCUT2D eigenvalue weighted by molar-refractivity contribution is -0.138. The zero-order valence-corrected chi connectivity index (χ0v) is 8.35. The quantitative estimate of drug-likeness (QED) is 0.698. The van der Waals surface area contributed by atoms with Crippen LogP contribution < -0.4 is 5.73 Å². The summed E-state index contributed by atoms with van der Waals surface area (Å²) in [4.78, 5) is 14.3. The van der Waals surface area contributed by atoms with Crippen LogP contribution in [0, 0.1) is 0 Å². The van der Waals surface area contributed by atoms with Crippen molar-refractivity contribution in [3.63, 3.8) is 0 Å². The fourth-order valence-electron chi connectivity index (χ4n) is 0.623. The van der Waals surface area contributed by atoms with Gasteiger partial charge in [-0.25, -0.2) is 4.98 Å². The van der Waals surface area contributed by atoms with Crippen molar-refractivity contribution in [1.29, 1.82) is 0 Å². The Morgan fingerprint density at radius 1 is 1.85 bits per heavy atom. The molecule has 13 heavy (non-hydrogen) atoms. The normalized spacial score (nSPS) is 12.7. The highest BCUT2D eigenvalue weighted by molar-refractivity contribution is 8.00. The predicted octanol–water partition coefficient (Wildman–Crippen LogP) is 0.432. The van der Waals surface area contributed by atoms with Crippen molar-refractivity contribution < 1.29 is 9.90 Å². The molecule has 0 aliphatic heterocycles. The van der Waals surface area contributed by atoms with Gasteiger partial charge < -0.3 is 10.8 Å². The van der Waals surface area contributed by atoms with Crippen molar-refractivity contribution in [1.82, 2.24) is 9.36 Å². The van der Waals surface area contributed by atoms with Crippen molar-refractivity contribution in [2.45, 2.75) is 16.8 Å². The maximum Gasteiger partial charge on any atom is 0.320 e. The minimum Gasteiger partial charge on any atom is -0.480 e. The fraction of sp³-hybridized carbons (Fsp3) is 0.500. The Kier molecular flexibility index (Phi) is 4.13. The molecule has 1 unspecified atom stereocenters. The summed E-state index contributed by atoms with van der Waals surface area (Å²) >= 11 is 2.77. The van der Waals surface area contributed by atoms with Gasteiger partial charge in [-0.2, -0.15) is 4.37 Å². The van der Waals surface area contributed by atoms with Crippen LogP contribution in [0.3, 0.4) is 0 Å². The first-order valence-electron chi connectivity index (χ1n) is 3.58. The zero-order chi connectivity index (χ0) is 9.68. The molecule has 1 rings (SSSR count). The molecule has 3 N–H and O–H groups in total. The average Bonchev–Trinajstić information content (AvgIpc) is 2.56. The number of thioether (sulfide) groups is 1. The van der Waals surface area contributed by atoms with Gasteiger partial charge in [-0.1, -0.05) is 11.8 Å². The first-order chi connectivity index (χ1) is 6.20. The molecular weight excluding hydrogens is 210 g/mol. The van der Waals surface area contributed by atoms with Crippen molar-refractivity contribution >= 4 is 29.3 Å². The largest absolute Gasteiger partial charge is 0.480 e. The van der Waals surface area contributed by atoms with Gasteiger partial charge in [0.25, 0.3) is 0 Å². The van der Waals surface area contributed by atoms with Crippen LogP contribution in [-0.4, -0.2) is 32.2 Å². The first kappa shape index (κ1) is 10.4. The number of aromatic nitrogens is 2. The Morgan fingerprint density at radius 2 is 2.62 bits per heavy atom. The topological polar surface area (TPSA) is 89.1 Å². The van der Waals surface area contributed by atoms with Crippen LogP contribution in [0.1, 0.15) is 6.42 Å². The molecule has 0 saturated heterocycles. The summed E-state index contributed by atoms with van der Waals surface area (Å²) in [5, 5.41) is 8.48. The van der Waals surface area contributed by atoms with E-state index >= 15 is 0 Å². The van der Waals surface area contributed by atoms with E-state index < -0.39 is 12.0 Å². The maximum atomic E-state index is 10.3. The lowest BCUT2D eigenvalue weighted by Crippen LogP contribution is -2.30. The highest BCUT2D eigenvalue weighted by Crippen LogP contribution is 2.19. The SMILES string of the molecule is NC(CCSc1ncns1)C(=O)O. The molecular formula is C6H9N3O2S2. The van der Waals surface area contributed by atoms with Gasteiger partial charge in [0.05, 0.1) is 0 Å². The predicted molar refractivity (Wildman–Crippen MR) is 50.9 cm³/mol. The number of nitrogens with two attached hydrogens (primary N) is 1. The van der Waals surface area contributed by atoms with E-state index in [9.17, 15) is 4.79 Å². The molecule has 0 spiro atoms. The number of aliphatic carboxylic acids is 1. The number of carbonyl (C=O) groups is 1. The maximum absolute atomic E-state index is 10.3. The van der Waals surface area contributed by atoms with E-state index in [2.05, 4.69) is 9.36 Å². The van der Waals surface area contributed by atoms with Crippen LogP contribution in [0.5, 0.6) is 0 Å². The Hall–Kier alpha value is -0.660. The standard InChI is InChI=1S/C6H9N3O2S2/c7-4(5(10)11)1-2-12-6-8-3-9-13-6/h3-4H,1-2,7H2,(H,10,11). The Balaban J connectivity index is 2.18. The zero-order valence-electron chi connectivity index (χ0n) is 6.71. The molecule has 5 nitrogen and oxygen atoms in total. The molecule has 1 aromatic rings. The molecule has 0 saturated carbocycles. The van der Waals surface area contributed by atoms with Gasteiger partial charge in [-0.3, -0.25) is 4.79 Å². The van der Waals surface area contributed by atoms with Crippen LogP contribution in [0.15, 0.2) is 10.7 Å². The summed E-state index contributed by atoms with van der Waals surface area (Å²) in [5.74, 6) is -0.305. The van der Waals surface area contributed by atoms with E-state index in [0.29, 0.717) is 12.2 Å². The molecule has 0 amide bonds. The lowest BCUT2D eigenvalue weighted by Gasteiger charge is -2.03. The Bertz CT molecular complexity index is 265. The van der Waals surface area contributed by atoms with Gasteiger partial charge in [0.15, 0.2) is 4.34 Å². The van der Waals surface area contributed by atoms with Crippen LogP contribution in [-0.2, 0) is 4.79 Å². The highest BCUT2D eigenvalue weighted by atomic mass is 32.2. The third kappa shape index (κ3) is 3.71. The van der Waals surface area contributed by atoms with Crippen LogP contribution in [0.2, 0.25) is 0 Å². The van der Waals surface area contributed by atoms with Gasteiger partial charge in [-0.15, -0.1) is 0 Å². The second-order valence-electron chi connectivity index (χ2n) is 2.29. The second kappa shape index (κ2) is 5.15. The highest BCUT2D eigenvalue weighted by Gasteiger charge is 2.10. The van der Waals surface area contributed by atoms with Crippen molar-refractivity contribution in [2.75, 3.05) is 5.75 Å². The van der Waals surface area contributed by atoms with Gasteiger partial charge >= 0.3 is 5.97 Å². The molecule has 1 aromatic heterocycles. The van der Waals surface area contributed by atoms with Gasteiger partial charge in [0, 0.05) is 5.75 Å². The van der Waals surface area contributed by atoms with E-state index in [4.69, 9.17) is 10.8 Å². The smallest absolute Gasteiger partial charge is 0.320 e. The number of carboxylic acid groups (broad SMARTS) is 1. The van der Waals surface area contributed by atoms with E-state index in [1.165, 1.54) is 29.6 Å². The van der Waals surface area contributed by atoms with Crippen LogP contribution in [0.4, 0.5) is 0 Å². The van der Waals surface area contributed by atoms with Gasteiger partial charge in [-0.05, 0) is 18.0 Å². The fourth-order valence-corrected chi connectivity index (χ4v) is 2.16. The summed E-state index contributed by atoms with van der Waals surface area (Å²) in [7, 11) is 0.